The third kappa shape index (κ3) is 3.72. The van der Waals surface area contributed by atoms with Crippen LogP contribution < -0.4 is 5.32 Å². The van der Waals surface area contributed by atoms with Crippen LogP contribution in [0.2, 0.25) is 0 Å². The number of hydrogen-bond acceptors (Lipinski definition) is 7. The van der Waals surface area contributed by atoms with Crippen LogP contribution in [0.4, 0.5) is 0 Å². The first kappa shape index (κ1) is 14.0. The molecule has 17 heavy (non-hydrogen) atoms. The van der Waals surface area contributed by atoms with E-state index in [2.05, 4.69) is 15.5 Å². The molecule has 0 aliphatic carbocycles. The van der Waals surface area contributed by atoms with Crippen LogP contribution in [0.15, 0.2) is 4.34 Å². The van der Waals surface area contributed by atoms with Crippen LogP contribution in [0.1, 0.15) is 16.7 Å². The van der Waals surface area contributed by atoms with Gasteiger partial charge in [-0.3, -0.25) is 4.79 Å². The van der Waals surface area contributed by atoms with E-state index >= 15 is 0 Å². The topological polar surface area (TPSA) is 98.3 Å². The molecule has 0 aliphatic heterocycles. The van der Waals surface area contributed by atoms with Gasteiger partial charge in [-0.2, -0.15) is 0 Å². The van der Waals surface area contributed by atoms with Gasteiger partial charge in [0.25, 0.3) is 5.91 Å². The summed E-state index contributed by atoms with van der Waals surface area (Å²) >= 11 is 0.768. The van der Waals surface area contributed by atoms with Crippen molar-refractivity contribution in [3.63, 3.8) is 0 Å². The lowest BCUT2D eigenvalue weighted by molar-refractivity contribution is 0.0936. The fourth-order valence-corrected chi connectivity index (χ4v) is 2.90. The quantitative estimate of drug-likeness (QED) is 0.718. The van der Waals surface area contributed by atoms with E-state index in [4.69, 9.17) is 4.74 Å². The van der Waals surface area contributed by atoms with Gasteiger partial charge in [0.05, 0.1) is 12.4 Å². The Bertz CT molecular complexity index is 483. The van der Waals surface area contributed by atoms with Gasteiger partial charge in [0.2, 0.25) is 19.2 Å². The number of ether oxygens (including phenoxy) is 1. The van der Waals surface area contributed by atoms with Gasteiger partial charge < -0.3 is 10.1 Å². The molecule has 1 rings (SSSR count). The Labute approximate surface area is 103 Å². The van der Waals surface area contributed by atoms with Crippen molar-refractivity contribution in [2.24, 2.45) is 0 Å². The van der Waals surface area contributed by atoms with E-state index in [0.29, 0.717) is 13.2 Å². The van der Waals surface area contributed by atoms with Crippen LogP contribution in [0.25, 0.3) is 0 Å². The number of aromatic nitrogens is 2. The van der Waals surface area contributed by atoms with Gasteiger partial charge in [0.15, 0.2) is 0 Å². The van der Waals surface area contributed by atoms with Gasteiger partial charge in [-0.1, -0.05) is 18.3 Å². The fraction of sp³-hybridized carbons (Fsp3) is 0.625. The second-order valence-corrected chi connectivity index (χ2v) is 6.45. The third-order valence-corrected chi connectivity index (χ3v) is 4.94. The maximum absolute atomic E-state index is 11.5. The normalized spacial score (nSPS) is 11.4. The van der Waals surface area contributed by atoms with E-state index in [9.17, 15) is 13.2 Å². The maximum atomic E-state index is 11.5. The molecule has 9 heteroatoms. The summed E-state index contributed by atoms with van der Waals surface area (Å²) in [7, 11) is -1.88. The molecule has 0 aromatic carbocycles. The Morgan fingerprint density at radius 1 is 1.47 bits per heavy atom. The predicted molar refractivity (Wildman–Crippen MR) is 61.8 cm³/mol. The Morgan fingerprint density at radius 2 is 2.18 bits per heavy atom. The van der Waals surface area contributed by atoms with Crippen molar-refractivity contribution in [2.45, 2.75) is 11.3 Å². The first-order valence-electron chi connectivity index (χ1n) is 4.84. The summed E-state index contributed by atoms with van der Waals surface area (Å²) in [4.78, 5) is 11.5. The summed E-state index contributed by atoms with van der Waals surface area (Å²) in [5.74, 6) is -0.510. The molecule has 1 heterocycles. The number of carbonyl (C=O) groups excluding carboxylic acids is 1. The van der Waals surface area contributed by atoms with Gasteiger partial charge in [-0.05, 0) is 0 Å². The van der Waals surface area contributed by atoms with Gasteiger partial charge in [0.1, 0.15) is 0 Å². The monoisotopic (exact) mass is 279 g/mol. The third-order valence-electron chi connectivity index (χ3n) is 1.84. The molecule has 1 amide bonds. The minimum absolute atomic E-state index is 0.0353. The lowest BCUT2D eigenvalue weighted by Crippen LogP contribution is -2.26. The highest BCUT2D eigenvalue weighted by Gasteiger charge is 2.20. The molecule has 0 saturated heterocycles. The second-order valence-electron chi connectivity index (χ2n) is 3.03. The molecule has 0 fully saturated rings. The Kier molecular flexibility index (Phi) is 4.97. The first-order chi connectivity index (χ1) is 8.01. The van der Waals surface area contributed by atoms with E-state index in [1.54, 1.807) is 0 Å². The average Bonchev–Trinajstić information content (AvgIpc) is 2.79. The van der Waals surface area contributed by atoms with E-state index in [1.807, 2.05) is 0 Å². The highest BCUT2D eigenvalue weighted by molar-refractivity contribution is 7.93. The zero-order chi connectivity index (χ0) is 12.9. The number of rotatable bonds is 6. The number of hydrogen-bond donors (Lipinski definition) is 1. The molecule has 0 bridgehead atoms. The van der Waals surface area contributed by atoms with Gasteiger partial charge in [0, 0.05) is 13.7 Å². The van der Waals surface area contributed by atoms with Crippen molar-refractivity contribution in [1.82, 2.24) is 15.5 Å². The van der Waals surface area contributed by atoms with Crippen LogP contribution in [0, 0.1) is 0 Å². The second kappa shape index (κ2) is 6.03. The molecule has 1 aromatic heterocycles. The Morgan fingerprint density at radius 3 is 2.76 bits per heavy atom. The number of nitrogens with zero attached hydrogens (tertiary/aromatic N) is 2. The molecule has 0 spiro atoms. The van der Waals surface area contributed by atoms with Crippen LogP contribution >= 0.6 is 11.3 Å². The van der Waals surface area contributed by atoms with Gasteiger partial charge >= 0.3 is 0 Å². The van der Waals surface area contributed by atoms with E-state index in [0.717, 1.165) is 11.3 Å². The van der Waals surface area contributed by atoms with Crippen LogP contribution in [0.5, 0.6) is 0 Å². The molecule has 1 aromatic rings. The number of nitrogens with one attached hydrogen (secondary N) is 1. The van der Waals surface area contributed by atoms with E-state index in [1.165, 1.54) is 14.0 Å². The van der Waals surface area contributed by atoms with Crippen LogP contribution in [0.3, 0.4) is 0 Å². The highest BCUT2D eigenvalue weighted by Crippen LogP contribution is 2.16. The smallest absolute Gasteiger partial charge is 0.282 e. The fourth-order valence-electron chi connectivity index (χ4n) is 0.893. The summed E-state index contributed by atoms with van der Waals surface area (Å²) in [5.41, 5.74) is 0. The Balaban J connectivity index is 2.71. The summed E-state index contributed by atoms with van der Waals surface area (Å²) in [6.45, 7) is 2.23. The molecular weight excluding hydrogens is 266 g/mol. The van der Waals surface area contributed by atoms with Crippen LogP contribution in [-0.2, 0) is 14.6 Å². The average molecular weight is 279 g/mol. The predicted octanol–water partition coefficient (Wildman–Crippen LogP) is -0.292. The van der Waals surface area contributed by atoms with E-state index in [-0.39, 0.29) is 15.1 Å². The molecule has 0 saturated carbocycles. The number of methoxy groups -OCH3 is 1. The molecule has 7 nitrogen and oxygen atoms in total. The first-order valence-corrected chi connectivity index (χ1v) is 7.31. The highest BCUT2D eigenvalue weighted by atomic mass is 32.2. The zero-order valence-electron chi connectivity index (χ0n) is 9.47. The maximum Gasteiger partial charge on any atom is 0.282 e. The van der Waals surface area contributed by atoms with Gasteiger partial charge in [-0.25, -0.2) is 8.42 Å². The molecule has 96 valence electrons. The van der Waals surface area contributed by atoms with Crippen molar-refractivity contribution in [3.05, 3.63) is 5.01 Å². The number of sulfone groups is 1. The lowest BCUT2D eigenvalue weighted by Gasteiger charge is -1.99. The van der Waals surface area contributed by atoms with E-state index < -0.39 is 15.7 Å². The summed E-state index contributed by atoms with van der Waals surface area (Å²) in [6.07, 6.45) is 0. The Hall–Kier alpha value is -1.06. The molecule has 0 atom stereocenters. The summed E-state index contributed by atoms with van der Waals surface area (Å²) in [5, 5.41) is 9.61. The van der Waals surface area contributed by atoms with Gasteiger partial charge in [-0.15, -0.1) is 10.2 Å². The molecular formula is C8H13N3O4S2. The zero-order valence-corrected chi connectivity index (χ0v) is 11.1. The minimum Gasteiger partial charge on any atom is -0.383 e. The SMILES string of the molecule is CCS(=O)(=O)c1nnc(C(=O)NCCOC)s1. The lowest BCUT2D eigenvalue weighted by atomic mass is 10.6. The van der Waals surface area contributed by atoms with Crippen molar-refractivity contribution in [2.75, 3.05) is 26.0 Å². The standard InChI is InChI=1S/C8H13N3O4S2/c1-3-17(13,14)8-11-10-7(16-8)6(12)9-4-5-15-2/h3-5H2,1-2H3,(H,9,12). The molecule has 0 radical (unpaired) electrons. The molecule has 0 aliphatic rings. The van der Waals surface area contributed by atoms with Crippen molar-refractivity contribution < 1.29 is 17.9 Å². The molecule has 1 N–H and O–H groups in total. The van der Waals surface area contributed by atoms with Crippen LogP contribution in [-0.4, -0.2) is 50.5 Å². The number of amides is 1. The summed E-state index contributed by atoms with van der Waals surface area (Å²) in [6, 6.07) is 0. The van der Waals surface area contributed by atoms with Crippen molar-refractivity contribution >= 4 is 27.1 Å². The largest absolute Gasteiger partial charge is 0.383 e. The number of carbonyl (C=O) groups is 1. The summed E-state index contributed by atoms with van der Waals surface area (Å²) < 4.78 is 27.5. The minimum atomic E-state index is -3.40. The molecule has 0 unspecified atom stereocenters. The van der Waals surface area contributed by atoms with Crippen molar-refractivity contribution in [1.29, 1.82) is 0 Å². The van der Waals surface area contributed by atoms with Crippen molar-refractivity contribution in [3.8, 4) is 0 Å².